The van der Waals surface area contributed by atoms with Gasteiger partial charge < -0.3 is 19.1 Å². The monoisotopic (exact) mass is 458 g/mol. The molecule has 1 fully saturated rings. The van der Waals surface area contributed by atoms with Gasteiger partial charge in [-0.25, -0.2) is 0 Å². The molecular weight excluding hydrogens is 420 g/mol. The highest BCUT2D eigenvalue weighted by molar-refractivity contribution is 6.35. The molecule has 0 aliphatic carbocycles. The van der Waals surface area contributed by atoms with Gasteiger partial charge in [0.15, 0.2) is 11.5 Å². The molecule has 2 atom stereocenters. The third-order valence-electron chi connectivity index (χ3n) is 6.31. The summed E-state index contributed by atoms with van der Waals surface area (Å²) in [6.45, 7) is 9.65. The Morgan fingerprint density at radius 3 is 2.24 bits per heavy atom. The van der Waals surface area contributed by atoms with Gasteiger partial charge in [0.05, 0.1) is 19.8 Å². The second kappa shape index (κ2) is 11.5. The molecule has 0 saturated carbocycles. The average molecular weight is 459 g/mol. The lowest BCUT2D eigenvalue weighted by Gasteiger charge is -2.37. The predicted molar refractivity (Wildman–Crippen MR) is 128 cm³/mol. The molecule has 1 aromatic carbocycles. The molecular formula is C26H38N2O5. The number of amides is 2. The quantitative estimate of drug-likeness (QED) is 0.369. The Hall–Kier alpha value is -2.54. The van der Waals surface area contributed by atoms with E-state index in [1.54, 1.807) is 26.4 Å². The van der Waals surface area contributed by atoms with E-state index >= 15 is 0 Å². The van der Waals surface area contributed by atoms with E-state index in [1.165, 1.54) is 4.90 Å². The number of hydrogen-bond donors (Lipinski definition) is 0. The number of nitrogens with zero attached hydrogens (tertiary/aromatic N) is 2. The molecule has 182 valence electrons. The Labute approximate surface area is 197 Å². The summed E-state index contributed by atoms with van der Waals surface area (Å²) < 4.78 is 16.5. The van der Waals surface area contributed by atoms with E-state index < -0.39 is 0 Å². The highest BCUT2D eigenvalue weighted by atomic mass is 16.5. The van der Waals surface area contributed by atoms with Gasteiger partial charge in [0.2, 0.25) is 0 Å². The van der Waals surface area contributed by atoms with Crippen LogP contribution in [0.25, 0.3) is 5.57 Å². The van der Waals surface area contributed by atoms with Crippen molar-refractivity contribution in [2.75, 3.05) is 47.1 Å². The van der Waals surface area contributed by atoms with E-state index in [1.807, 2.05) is 6.07 Å². The Morgan fingerprint density at radius 2 is 1.61 bits per heavy atom. The number of methoxy groups -OCH3 is 2. The number of unbranched alkanes of at least 4 members (excludes halogenated alkanes) is 1. The number of carbonyl (C=O) groups excluding carboxylic acids is 2. The topological polar surface area (TPSA) is 68.3 Å². The lowest BCUT2D eigenvalue weighted by atomic mass is 9.91. The van der Waals surface area contributed by atoms with E-state index in [2.05, 4.69) is 25.7 Å². The van der Waals surface area contributed by atoms with Gasteiger partial charge in [0, 0.05) is 32.8 Å². The number of likely N-dealkylation sites (tertiary alicyclic amines) is 1. The normalized spacial score (nSPS) is 21.2. The molecule has 0 radical (unpaired) electrons. The van der Waals surface area contributed by atoms with Crippen LogP contribution < -0.4 is 9.47 Å². The fraction of sp³-hybridized carbons (Fsp3) is 0.615. The van der Waals surface area contributed by atoms with E-state index in [-0.39, 0.29) is 11.8 Å². The fourth-order valence-corrected chi connectivity index (χ4v) is 4.83. The van der Waals surface area contributed by atoms with Gasteiger partial charge in [-0.15, -0.1) is 0 Å². The fourth-order valence-electron chi connectivity index (χ4n) is 4.83. The first-order valence-corrected chi connectivity index (χ1v) is 12.1. The maximum absolute atomic E-state index is 13.6. The van der Waals surface area contributed by atoms with Crippen LogP contribution in [-0.2, 0) is 14.3 Å². The van der Waals surface area contributed by atoms with Gasteiger partial charge >= 0.3 is 0 Å². The minimum Gasteiger partial charge on any atom is -0.493 e. The lowest BCUT2D eigenvalue weighted by Crippen LogP contribution is -2.42. The van der Waals surface area contributed by atoms with E-state index in [0.717, 1.165) is 32.4 Å². The molecule has 2 heterocycles. The average Bonchev–Trinajstić information content (AvgIpc) is 3.04. The van der Waals surface area contributed by atoms with Gasteiger partial charge in [-0.05, 0) is 48.8 Å². The molecule has 2 aliphatic rings. The van der Waals surface area contributed by atoms with Crippen molar-refractivity contribution in [2.24, 2.45) is 11.8 Å². The predicted octanol–water partition coefficient (Wildman–Crippen LogP) is 3.97. The first-order chi connectivity index (χ1) is 15.9. The molecule has 0 spiro atoms. The number of carbonyl (C=O) groups is 2. The van der Waals surface area contributed by atoms with Crippen LogP contribution in [0.2, 0.25) is 0 Å². The highest BCUT2D eigenvalue weighted by Gasteiger charge is 2.42. The van der Waals surface area contributed by atoms with Gasteiger partial charge in [-0.1, -0.05) is 33.3 Å². The summed E-state index contributed by atoms with van der Waals surface area (Å²) in [6.07, 6.45) is 3.84. The third kappa shape index (κ3) is 5.69. The van der Waals surface area contributed by atoms with E-state index in [0.29, 0.717) is 66.3 Å². The number of rotatable bonds is 11. The minimum atomic E-state index is -0.248. The van der Waals surface area contributed by atoms with Crippen LogP contribution in [0, 0.1) is 11.8 Å². The summed E-state index contributed by atoms with van der Waals surface area (Å²) in [5.41, 5.74) is 1.64. The molecule has 1 aromatic rings. The first kappa shape index (κ1) is 25.1. The van der Waals surface area contributed by atoms with Crippen LogP contribution in [0.5, 0.6) is 11.5 Å². The van der Waals surface area contributed by atoms with Crippen molar-refractivity contribution in [2.45, 2.75) is 46.5 Å². The van der Waals surface area contributed by atoms with Crippen molar-refractivity contribution < 1.29 is 23.8 Å². The molecule has 2 aliphatic heterocycles. The van der Waals surface area contributed by atoms with Crippen LogP contribution in [0.15, 0.2) is 23.9 Å². The molecule has 33 heavy (non-hydrogen) atoms. The van der Waals surface area contributed by atoms with Crippen molar-refractivity contribution in [3.63, 3.8) is 0 Å². The standard InChI is InChI=1S/C26H38N2O5/c1-6-7-12-33-13-8-11-28-25(29)23(20-9-10-21(31-4)22(15-20)32-5)24(26(28)30)27-16-18(2)14-19(3)17-27/h9-10,15,18-19H,6-8,11-14,16-17H2,1-5H3. The van der Waals surface area contributed by atoms with Crippen LogP contribution in [0.1, 0.15) is 52.0 Å². The van der Waals surface area contributed by atoms with Crippen LogP contribution in [0.3, 0.4) is 0 Å². The molecule has 3 rings (SSSR count). The summed E-state index contributed by atoms with van der Waals surface area (Å²) >= 11 is 0. The van der Waals surface area contributed by atoms with Gasteiger partial charge in [-0.3, -0.25) is 14.5 Å². The van der Waals surface area contributed by atoms with Crippen LogP contribution in [-0.4, -0.2) is 68.7 Å². The van der Waals surface area contributed by atoms with Crippen molar-refractivity contribution in [1.82, 2.24) is 9.80 Å². The lowest BCUT2D eigenvalue weighted by molar-refractivity contribution is -0.137. The summed E-state index contributed by atoms with van der Waals surface area (Å²) in [5, 5.41) is 0. The minimum absolute atomic E-state index is 0.209. The van der Waals surface area contributed by atoms with Gasteiger partial charge in [-0.2, -0.15) is 0 Å². The van der Waals surface area contributed by atoms with Crippen LogP contribution in [0.4, 0.5) is 0 Å². The summed E-state index contributed by atoms with van der Waals surface area (Å²) in [6, 6.07) is 5.39. The van der Waals surface area contributed by atoms with Crippen molar-refractivity contribution in [1.29, 1.82) is 0 Å². The second-order valence-electron chi connectivity index (χ2n) is 9.23. The van der Waals surface area contributed by atoms with Crippen molar-refractivity contribution in [3.8, 4) is 11.5 Å². The largest absolute Gasteiger partial charge is 0.493 e. The van der Waals surface area contributed by atoms with Crippen LogP contribution >= 0.6 is 0 Å². The molecule has 0 N–H and O–H groups in total. The Kier molecular flexibility index (Phi) is 8.78. The zero-order chi connectivity index (χ0) is 24.0. The molecule has 2 unspecified atom stereocenters. The zero-order valence-electron chi connectivity index (χ0n) is 20.7. The number of imide groups is 1. The number of benzene rings is 1. The number of piperidine rings is 1. The van der Waals surface area contributed by atoms with Crippen molar-refractivity contribution in [3.05, 3.63) is 29.5 Å². The summed E-state index contributed by atoms with van der Waals surface area (Å²) in [4.78, 5) is 30.6. The molecule has 7 heteroatoms. The molecule has 2 amide bonds. The SMILES string of the molecule is CCCCOCCCN1C(=O)C(c2ccc(OC)c(OC)c2)=C(N2CC(C)CC(C)C2)C1=O. The smallest absolute Gasteiger partial charge is 0.277 e. The summed E-state index contributed by atoms with van der Waals surface area (Å²) in [7, 11) is 3.14. The highest BCUT2D eigenvalue weighted by Crippen LogP contribution is 2.38. The van der Waals surface area contributed by atoms with Crippen molar-refractivity contribution >= 4 is 17.4 Å². The number of ether oxygens (including phenoxy) is 3. The van der Waals surface area contributed by atoms with E-state index in [4.69, 9.17) is 14.2 Å². The maximum Gasteiger partial charge on any atom is 0.277 e. The van der Waals surface area contributed by atoms with Gasteiger partial charge in [0.1, 0.15) is 5.70 Å². The van der Waals surface area contributed by atoms with E-state index in [9.17, 15) is 9.59 Å². The third-order valence-corrected chi connectivity index (χ3v) is 6.31. The maximum atomic E-state index is 13.6. The molecule has 7 nitrogen and oxygen atoms in total. The summed E-state index contributed by atoms with van der Waals surface area (Å²) in [5.74, 6) is 1.57. The molecule has 1 saturated heterocycles. The first-order valence-electron chi connectivity index (χ1n) is 12.1. The molecule has 0 bridgehead atoms. The number of hydrogen-bond acceptors (Lipinski definition) is 6. The Morgan fingerprint density at radius 1 is 0.939 bits per heavy atom. The Bertz CT molecular complexity index is 871. The molecule has 0 aromatic heterocycles. The van der Waals surface area contributed by atoms with Gasteiger partial charge in [0.25, 0.3) is 11.8 Å². The zero-order valence-corrected chi connectivity index (χ0v) is 20.7. The second-order valence-corrected chi connectivity index (χ2v) is 9.23. The Balaban J connectivity index is 1.91.